The van der Waals surface area contributed by atoms with Crippen molar-refractivity contribution < 1.29 is 9.59 Å². The van der Waals surface area contributed by atoms with Crippen molar-refractivity contribution >= 4 is 40.3 Å². The van der Waals surface area contributed by atoms with Crippen LogP contribution in [0.1, 0.15) is 5.56 Å². The number of hydrogen-bond donors (Lipinski definition) is 6. The molecule has 0 aliphatic rings. The third-order valence-electron chi connectivity index (χ3n) is 4.63. The van der Waals surface area contributed by atoms with Crippen LogP contribution >= 0.6 is 0 Å². The quantitative estimate of drug-likeness (QED) is 0.141. The molecule has 3 rings (SSSR count). The van der Waals surface area contributed by atoms with Crippen LogP contribution in [0.2, 0.25) is 0 Å². The Morgan fingerprint density at radius 1 is 1.19 bits per heavy atom. The van der Waals surface area contributed by atoms with Crippen molar-refractivity contribution in [3.8, 4) is 11.1 Å². The largest absolute Gasteiger partial charge is 0.398 e. The van der Waals surface area contributed by atoms with Gasteiger partial charge in [0, 0.05) is 60.7 Å². The predicted molar refractivity (Wildman–Crippen MR) is 125 cm³/mol. The molecule has 0 unspecified atom stereocenters. The number of aromatic nitrogens is 2. The summed E-state index contributed by atoms with van der Waals surface area (Å²) >= 11 is 0. The van der Waals surface area contributed by atoms with Gasteiger partial charge in [-0.3, -0.25) is 14.6 Å². The number of benzene rings is 1. The molecule has 164 valence electrons. The highest BCUT2D eigenvalue weighted by Crippen LogP contribution is 2.31. The first-order valence-corrected chi connectivity index (χ1v) is 9.79. The van der Waals surface area contributed by atoms with Gasteiger partial charge in [0.2, 0.25) is 0 Å². The summed E-state index contributed by atoms with van der Waals surface area (Å²) in [5.74, 6) is -1.66. The maximum absolute atomic E-state index is 12.3. The van der Waals surface area contributed by atoms with E-state index in [1.165, 1.54) is 12.4 Å². The number of pyridine rings is 2. The zero-order valence-corrected chi connectivity index (χ0v) is 17.5. The minimum Gasteiger partial charge on any atom is -0.398 e. The second-order valence-corrected chi connectivity index (χ2v) is 6.94. The lowest BCUT2D eigenvalue weighted by molar-refractivity contribution is -0.135. The van der Waals surface area contributed by atoms with Gasteiger partial charge >= 0.3 is 11.8 Å². The zero-order valence-electron chi connectivity index (χ0n) is 17.5. The lowest BCUT2D eigenvalue weighted by atomic mass is 9.99. The highest BCUT2D eigenvalue weighted by molar-refractivity contribution is 6.40. The number of hydrogen-bond acceptors (Lipinski definition) is 8. The molecule has 8 N–H and O–H groups in total. The molecule has 0 fully saturated rings. The average Bonchev–Trinajstić information content (AvgIpc) is 2.78. The van der Waals surface area contributed by atoms with Crippen LogP contribution in [0.15, 0.2) is 54.8 Å². The number of rotatable bonds is 7. The Bertz CT molecular complexity index is 1210. The van der Waals surface area contributed by atoms with E-state index in [1.807, 2.05) is 25.1 Å². The van der Waals surface area contributed by atoms with Gasteiger partial charge in [0.15, 0.2) is 0 Å². The summed E-state index contributed by atoms with van der Waals surface area (Å²) in [7, 11) is 0. The molecule has 32 heavy (non-hydrogen) atoms. The van der Waals surface area contributed by atoms with Gasteiger partial charge in [0.1, 0.15) is 5.82 Å². The van der Waals surface area contributed by atoms with E-state index in [0.29, 0.717) is 18.8 Å². The number of nitrogens with two attached hydrogens (primary N) is 2. The molecule has 10 heteroatoms. The van der Waals surface area contributed by atoms with Gasteiger partial charge in [-0.1, -0.05) is 0 Å². The van der Waals surface area contributed by atoms with Gasteiger partial charge in [-0.15, -0.1) is 0 Å². The van der Waals surface area contributed by atoms with Crippen LogP contribution in [0.3, 0.4) is 0 Å². The van der Waals surface area contributed by atoms with Gasteiger partial charge < -0.3 is 32.8 Å². The highest BCUT2D eigenvalue weighted by Gasteiger charge is 2.16. The Kier molecular flexibility index (Phi) is 7.09. The van der Waals surface area contributed by atoms with Gasteiger partial charge in [0.05, 0.1) is 5.70 Å². The first kappa shape index (κ1) is 22.4. The second-order valence-electron chi connectivity index (χ2n) is 6.94. The third-order valence-corrected chi connectivity index (χ3v) is 4.63. The van der Waals surface area contributed by atoms with E-state index in [-0.39, 0.29) is 11.5 Å². The third kappa shape index (κ3) is 5.24. The van der Waals surface area contributed by atoms with Gasteiger partial charge in [0.25, 0.3) is 0 Å². The second kappa shape index (κ2) is 10.1. The van der Waals surface area contributed by atoms with E-state index in [4.69, 9.17) is 16.9 Å². The first-order valence-electron chi connectivity index (χ1n) is 9.79. The molecule has 0 bridgehead atoms. The topological polar surface area (TPSA) is 172 Å². The number of fused-ring (bicyclic) bond motifs is 1. The lowest BCUT2D eigenvalue weighted by Gasteiger charge is -2.11. The highest BCUT2D eigenvalue weighted by atomic mass is 16.2. The minimum absolute atomic E-state index is 0.120. The molecule has 3 aromatic rings. The monoisotopic (exact) mass is 432 g/mol. The molecule has 10 nitrogen and oxygen atoms in total. The molecule has 0 spiro atoms. The molecular formula is C22H24N8O2. The van der Waals surface area contributed by atoms with E-state index in [2.05, 4.69) is 25.9 Å². The van der Waals surface area contributed by atoms with Crippen LogP contribution in [0, 0.1) is 12.3 Å². The Labute approximate surface area is 184 Å². The minimum atomic E-state index is -0.935. The number of aryl methyl sites for hydroxylation is 1. The fourth-order valence-corrected chi connectivity index (χ4v) is 3.02. The standard InChI is InChI=1S/C22H24N8O2/c1-13-2-4-26-11-17(13)14-6-15-8-20(28-12-18(15)19(25)7-14)30-22(32)21(31)29-16(9-24)10-27-5-3-23/h2,4,6-12,24,27H,3,5,23,25H2,1H3,(H,29,31)(H,28,30,32)/b16-10+,24-9?. The number of amides is 2. The summed E-state index contributed by atoms with van der Waals surface area (Å²) in [5.41, 5.74) is 15.1. The molecule has 0 aliphatic carbocycles. The molecule has 0 saturated heterocycles. The maximum atomic E-state index is 12.3. The molecule has 0 saturated carbocycles. The van der Waals surface area contributed by atoms with Crippen molar-refractivity contribution in [2.24, 2.45) is 5.73 Å². The van der Waals surface area contributed by atoms with E-state index in [0.717, 1.165) is 33.7 Å². The first-order chi connectivity index (χ1) is 15.4. The van der Waals surface area contributed by atoms with Crippen molar-refractivity contribution in [3.05, 3.63) is 60.3 Å². The van der Waals surface area contributed by atoms with Crippen LogP contribution in [0.4, 0.5) is 11.5 Å². The van der Waals surface area contributed by atoms with Crippen molar-refractivity contribution in [1.29, 1.82) is 5.41 Å². The molecule has 2 heterocycles. The van der Waals surface area contributed by atoms with E-state index in [1.54, 1.807) is 18.5 Å². The Balaban J connectivity index is 1.81. The lowest BCUT2D eigenvalue weighted by Crippen LogP contribution is -2.36. The summed E-state index contributed by atoms with van der Waals surface area (Å²) in [6.45, 7) is 2.83. The van der Waals surface area contributed by atoms with Gasteiger partial charge in [-0.05, 0) is 47.7 Å². The molecule has 0 aliphatic heterocycles. The fraction of sp³-hybridized carbons (Fsp3) is 0.136. The normalized spacial score (nSPS) is 11.1. The van der Waals surface area contributed by atoms with Crippen molar-refractivity contribution in [3.63, 3.8) is 0 Å². The molecule has 2 aromatic heterocycles. The van der Waals surface area contributed by atoms with Crippen molar-refractivity contribution in [2.45, 2.75) is 6.92 Å². The van der Waals surface area contributed by atoms with Crippen LogP contribution < -0.4 is 27.4 Å². The number of nitrogens with zero attached hydrogens (tertiary/aromatic N) is 2. The average molecular weight is 432 g/mol. The summed E-state index contributed by atoms with van der Waals surface area (Å²) < 4.78 is 0. The van der Waals surface area contributed by atoms with Gasteiger partial charge in [-0.2, -0.15) is 0 Å². The smallest absolute Gasteiger partial charge is 0.315 e. The summed E-state index contributed by atoms with van der Waals surface area (Å²) in [6, 6.07) is 7.33. The number of nitrogen functional groups attached to an aromatic ring is 1. The van der Waals surface area contributed by atoms with E-state index < -0.39 is 11.8 Å². The van der Waals surface area contributed by atoms with Crippen LogP contribution in [-0.2, 0) is 9.59 Å². The molecule has 1 aromatic carbocycles. The summed E-state index contributed by atoms with van der Waals surface area (Å²) in [4.78, 5) is 32.8. The van der Waals surface area contributed by atoms with Crippen LogP contribution in [-0.4, -0.2) is 41.1 Å². The summed E-state index contributed by atoms with van der Waals surface area (Å²) in [5, 5.41) is 16.4. The number of allylic oxidation sites excluding steroid dienone is 1. The van der Waals surface area contributed by atoms with Gasteiger partial charge in [-0.25, -0.2) is 4.98 Å². The molecule has 2 amide bonds. The van der Waals surface area contributed by atoms with Crippen LogP contribution in [0.5, 0.6) is 0 Å². The predicted octanol–water partition coefficient (Wildman–Crippen LogP) is 1.28. The molecular weight excluding hydrogens is 408 g/mol. The van der Waals surface area contributed by atoms with E-state index >= 15 is 0 Å². The number of nitrogens with one attached hydrogen (secondary N) is 4. The van der Waals surface area contributed by atoms with Crippen molar-refractivity contribution in [1.82, 2.24) is 20.6 Å². The molecule has 0 radical (unpaired) electrons. The fourth-order valence-electron chi connectivity index (χ4n) is 3.02. The Morgan fingerprint density at radius 2 is 2.00 bits per heavy atom. The van der Waals surface area contributed by atoms with E-state index in [9.17, 15) is 9.59 Å². The number of anilines is 2. The Morgan fingerprint density at radius 3 is 2.72 bits per heavy atom. The summed E-state index contributed by atoms with van der Waals surface area (Å²) in [6.07, 6.45) is 7.33. The SMILES string of the molecule is Cc1ccncc1-c1cc(N)c2cnc(NC(=O)C(=O)N/C(C=N)=C/NCCN)cc2c1. The maximum Gasteiger partial charge on any atom is 0.315 e. The number of carbonyl (C=O) groups is 2. The zero-order chi connectivity index (χ0) is 23.1. The van der Waals surface area contributed by atoms with Crippen molar-refractivity contribution in [2.75, 3.05) is 24.1 Å². The Hall–Kier alpha value is -4.31. The van der Waals surface area contributed by atoms with Crippen LogP contribution in [0.25, 0.3) is 21.9 Å². The molecule has 0 atom stereocenters. The number of carbonyl (C=O) groups excluding carboxylic acids is 2.